The molecular weight excluding hydrogens is 298 g/mol. The molecule has 0 spiro atoms. The van der Waals surface area contributed by atoms with E-state index in [1.807, 2.05) is 25.1 Å². The van der Waals surface area contributed by atoms with Crippen LogP contribution in [0.1, 0.15) is 26.3 Å². The molecule has 0 amide bonds. The van der Waals surface area contributed by atoms with Gasteiger partial charge in [0.1, 0.15) is 5.15 Å². The molecule has 0 radical (unpaired) electrons. The third-order valence-corrected chi connectivity index (χ3v) is 3.93. The van der Waals surface area contributed by atoms with E-state index in [9.17, 15) is 5.11 Å². The Hall–Kier alpha value is -1.91. The zero-order chi connectivity index (χ0) is 16.3. The number of allylic oxidation sites excluding steroid dienone is 1. The van der Waals surface area contributed by atoms with E-state index < -0.39 is 5.60 Å². The first-order chi connectivity index (χ1) is 10.3. The van der Waals surface area contributed by atoms with Crippen molar-refractivity contribution in [3.63, 3.8) is 0 Å². The molecule has 4 nitrogen and oxygen atoms in total. The lowest BCUT2D eigenvalue weighted by atomic mass is 10.0. The Morgan fingerprint density at radius 3 is 2.73 bits per heavy atom. The Morgan fingerprint density at radius 1 is 1.36 bits per heavy atom. The summed E-state index contributed by atoms with van der Waals surface area (Å²) < 4.78 is 0. The van der Waals surface area contributed by atoms with Crippen LogP contribution in [0.4, 0.5) is 0 Å². The lowest BCUT2D eigenvalue weighted by molar-refractivity contribution is 0.0493. The number of benzene rings is 1. The second-order valence-electron chi connectivity index (χ2n) is 5.85. The van der Waals surface area contributed by atoms with Crippen LogP contribution in [0.5, 0.6) is 0 Å². The van der Waals surface area contributed by atoms with Crippen molar-refractivity contribution in [3.8, 4) is 0 Å². The smallest absolute Gasteiger partial charge is 0.129 e. The number of aromatic nitrogens is 1. The molecule has 1 aromatic carbocycles. The Kier molecular flexibility index (Phi) is 4.84. The predicted octanol–water partition coefficient (Wildman–Crippen LogP) is 3.63. The molecule has 0 aliphatic rings. The lowest BCUT2D eigenvalue weighted by Gasteiger charge is -2.26. The Balaban J connectivity index is 2.33. The van der Waals surface area contributed by atoms with Crippen LogP contribution in [-0.2, 0) is 0 Å². The Labute approximate surface area is 135 Å². The van der Waals surface area contributed by atoms with Crippen molar-refractivity contribution < 1.29 is 5.11 Å². The molecule has 1 unspecified atom stereocenters. The van der Waals surface area contributed by atoms with Crippen LogP contribution in [-0.4, -0.2) is 27.9 Å². The average molecular weight is 318 g/mol. The van der Waals surface area contributed by atoms with Crippen molar-refractivity contribution in [2.45, 2.75) is 32.4 Å². The van der Waals surface area contributed by atoms with Gasteiger partial charge in [0, 0.05) is 29.6 Å². The van der Waals surface area contributed by atoms with Crippen LogP contribution in [0.3, 0.4) is 0 Å². The number of nitrogens with zero attached hydrogens (tertiary/aromatic N) is 1. The van der Waals surface area contributed by atoms with E-state index in [0.717, 1.165) is 21.9 Å². The summed E-state index contributed by atoms with van der Waals surface area (Å²) in [4.78, 5) is 4.05. The first kappa shape index (κ1) is 16.5. The first-order valence-electron chi connectivity index (χ1n) is 7.06. The van der Waals surface area contributed by atoms with Gasteiger partial charge in [-0.2, -0.15) is 0 Å². The summed E-state index contributed by atoms with van der Waals surface area (Å²) >= 11 is 5.93. The molecule has 0 bridgehead atoms. The van der Waals surface area contributed by atoms with Crippen LogP contribution in [0.25, 0.3) is 16.3 Å². The van der Waals surface area contributed by atoms with Crippen molar-refractivity contribution in [3.05, 3.63) is 47.4 Å². The number of hydrogen-bond donors (Lipinski definition) is 3. The molecule has 5 heteroatoms. The molecule has 0 fully saturated rings. The number of hydrogen-bond acceptors (Lipinski definition) is 4. The van der Waals surface area contributed by atoms with Crippen molar-refractivity contribution >= 4 is 34.2 Å². The van der Waals surface area contributed by atoms with Crippen molar-refractivity contribution in [1.82, 2.24) is 10.3 Å². The highest BCUT2D eigenvalue weighted by molar-refractivity contribution is 6.30. The second-order valence-corrected chi connectivity index (χ2v) is 6.24. The number of fused-ring (bicyclic) bond motifs is 1. The van der Waals surface area contributed by atoms with Gasteiger partial charge in [0.2, 0.25) is 0 Å². The summed E-state index contributed by atoms with van der Waals surface area (Å²) in [5, 5.41) is 23.1. The van der Waals surface area contributed by atoms with Crippen molar-refractivity contribution in [2.75, 3.05) is 0 Å². The van der Waals surface area contributed by atoms with Gasteiger partial charge in [-0.25, -0.2) is 4.98 Å². The number of pyridine rings is 1. The summed E-state index contributed by atoms with van der Waals surface area (Å²) in [6.07, 6.45) is 4.76. The predicted molar refractivity (Wildman–Crippen MR) is 92.4 cm³/mol. The molecule has 116 valence electrons. The minimum atomic E-state index is -0.841. The van der Waals surface area contributed by atoms with Gasteiger partial charge in [-0.1, -0.05) is 23.7 Å². The number of rotatable bonds is 5. The normalized spacial score (nSPS) is 14.0. The highest BCUT2D eigenvalue weighted by Gasteiger charge is 2.20. The van der Waals surface area contributed by atoms with Crippen molar-refractivity contribution in [2.24, 2.45) is 0 Å². The van der Waals surface area contributed by atoms with Gasteiger partial charge in [-0.05, 0) is 43.9 Å². The van der Waals surface area contributed by atoms with Gasteiger partial charge in [-0.15, -0.1) is 0 Å². The van der Waals surface area contributed by atoms with E-state index >= 15 is 0 Å². The zero-order valence-electron chi connectivity index (χ0n) is 12.9. The fourth-order valence-corrected chi connectivity index (χ4v) is 2.09. The number of aliphatic hydroxyl groups is 1. The fraction of sp³-hybridized carbons (Fsp3) is 0.294. The molecule has 2 rings (SSSR count). The van der Waals surface area contributed by atoms with Crippen LogP contribution < -0.4 is 5.32 Å². The van der Waals surface area contributed by atoms with E-state index in [2.05, 4.69) is 10.3 Å². The zero-order valence-corrected chi connectivity index (χ0v) is 13.6. The molecule has 2 aromatic rings. The number of nitrogens with one attached hydrogen (secondary N) is 2. The second kappa shape index (κ2) is 6.46. The molecule has 0 saturated carbocycles. The minimum absolute atomic E-state index is 0.137. The maximum atomic E-state index is 9.94. The topological polar surface area (TPSA) is 69.0 Å². The minimum Gasteiger partial charge on any atom is -0.388 e. The van der Waals surface area contributed by atoms with E-state index in [-0.39, 0.29) is 6.04 Å². The maximum absolute atomic E-state index is 9.94. The van der Waals surface area contributed by atoms with E-state index in [1.54, 1.807) is 32.3 Å². The average Bonchev–Trinajstić information content (AvgIpc) is 2.46. The molecular formula is C17H20ClN3O. The monoisotopic (exact) mass is 317 g/mol. The number of halogens is 1. The summed E-state index contributed by atoms with van der Waals surface area (Å²) in [5.41, 5.74) is 0.790. The quantitative estimate of drug-likeness (QED) is 0.582. The largest absolute Gasteiger partial charge is 0.388 e. The van der Waals surface area contributed by atoms with Gasteiger partial charge < -0.3 is 15.8 Å². The van der Waals surface area contributed by atoms with E-state index in [4.69, 9.17) is 17.0 Å². The molecule has 0 aliphatic carbocycles. The van der Waals surface area contributed by atoms with Crippen LogP contribution in [0.15, 0.2) is 36.7 Å². The molecule has 1 heterocycles. The van der Waals surface area contributed by atoms with Crippen LogP contribution >= 0.6 is 11.6 Å². The highest BCUT2D eigenvalue weighted by atomic mass is 35.5. The molecule has 1 atom stereocenters. The molecule has 22 heavy (non-hydrogen) atoms. The van der Waals surface area contributed by atoms with Gasteiger partial charge in [0.25, 0.3) is 0 Å². The van der Waals surface area contributed by atoms with E-state index in [0.29, 0.717) is 5.15 Å². The standard InChI is InChI=1S/C17H20ClN3O/c1-11(17(2,3)22)20-10-15(8-19)12-4-5-13-9-21-16(18)7-14(13)6-12/h4-11,19-20,22H,1-3H3/b15-10+,19-8?. The maximum Gasteiger partial charge on any atom is 0.129 e. The summed E-state index contributed by atoms with van der Waals surface area (Å²) in [7, 11) is 0. The third kappa shape index (κ3) is 3.84. The van der Waals surface area contributed by atoms with Crippen LogP contribution in [0, 0.1) is 5.41 Å². The summed E-state index contributed by atoms with van der Waals surface area (Å²) in [5.74, 6) is 0. The van der Waals surface area contributed by atoms with Crippen LogP contribution in [0.2, 0.25) is 5.15 Å². The van der Waals surface area contributed by atoms with Crippen molar-refractivity contribution in [1.29, 1.82) is 5.41 Å². The molecule has 1 aromatic heterocycles. The van der Waals surface area contributed by atoms with Gasteiger partial charge in [-0.3, -0.25) is 0 Å². The Bertz CT molecular complexity index is 719. The third-order valence-electron chi connectivity index (χ3n) is 3.73. The Morgan fingerprint density at radius 2 is 2.09 bits per heavy atom. The van der Waals surface area contributed by atoms with Gasteiger partial charge >= 0.3 is 0 Å². The fourth-order valence-electron chi connectivity index (χ4n) is 1.92. The highest BCUT2D eigenvalue weighted by Crippen LogP contribution is 2.22. The SMILES string of the molecule is CC(N/C=C(\C=N)c1ccc2cnc(Cl)cc2c1)C(C)(C)O. The van der Waals surface area contributed by atoms with Gasteiger partial charge in [0.15, 0.2) is 0 Å². The van der Waals surface area contributed by atoms with Gasteiger partial charge in [0.05, 0.1) is 11.6 Å². The first-order valence-corrected chi connectivity index (χ1v) is 7.44. The summed E-state index contributed by atoms with van der Waals surface area (Å²) in [6, 6.07) is 7.52. The van der Waals surface area contributed by atoms with E-state index in [1.165, 1.54) is 6.21 Å². The molecule has 3 N–H and O–H groups in total. The molecule has 0 aliphatic heterocycles. The molecule has 0 saturated heterocycles. The summed E-state index contributed by atoms with van der Waals surface area (Å²) in [6.45, 7) is 5.38. The lowest BCUT2D eigenvalue weighted by Crippen LogP contribution is -2.42.